The Morgan fingerprint density at radius 2 is 1.97 bits per heavy atom. The maximum Gasteiger partial charge on any atom is 0.443 e. The zero-order valence-electron chi connectivity index (χ0n) is 20.0. The van der Waals surface area contributed by atoms with Crippen molar-refractivity contribution in [2.75, 3.05) is 24.5 Å². The number of phenolic OH excluding ortho intramolecular Hbond substituents is 1. The van der Waals surface area contributed by atoms with Crippen LogP contribution in [0.15, 0.2) is 12.1 Å². The number of H-pyrrole nitrogens is 1. The molecule has 5 rings (SSSR count). The van der Waals surface area contributed by atoms with Gasteiger partial charge in [0.15, 0.2) is 17.4 Å². The van der Waals surface area contributed by atoms with E-state index >= 15 is 0 Å². The molecule has 0 spiro atoms. The third kappa shape index (κ3) is 4.58. The molecule has 1 saturated heterocycles. The fourth-order valence-electron chi connectivity index (χ4n) is 4.39. The number of anilines is 1. The Morgan fingerprint density at radius 3 is 2.62 bits per heavy atom. The molecule has 37 heavy (non-hydrogen) atoms. The number of alkyl halides is 3. The minimum absolute atomic E-state index is 0.0123. The number of nitrogens with one attached hydrogen (secondary N) is 1. The van der Waals surface area contributed by atoms with Crippen molar-refractivity contribution in [1.29, 1.82) is 0 Å². The third-order valence-electron chi connectivity index (χ3n) is 6.13. The van der Waals surface area contributed by atoms with E-state index in [4.69, 9.17) is 0 Å². The van der Waals surface area contributed by atoms with Crippen LogP contribution in [0.1, 0.15) is 23.6 Å². The Bertz CT molecular complexity index is 1490. The standard InChI is InChI=1S/C22H22F4N8O2S/c1-10-8-32(6-7-33(10)15(36)9-34-12(3)27-11(2)31-34)20-18(30-21(37-20)22(24,25)26)19-28-13-4-5-14(35)16(23)17(13)29-19/h4-5,10,35H,6-9H2,1-3H3,(H,28,29)/t10-/m1/s1. The molecule has 15 heteroatoms. The second-order valence-electron chi connectivity index (χ2n) is 8.80. The molecule has 4 aromatic rings. The maximum atomic E-state index is 14.3. The molecular formula is C22H22F4N8O2S. The number of benzene rings is 1. The predicted octanol–water partition coefficient (Wildman–Crippen LogP) is 3.50. The molecular weight excluding hydrogens is 516 g/mol. The first-order chi connectivity index (χ1) is 17.4. The van der Waals surface area contributed by atoms with Crippen LogP contribution in [0.5, 0.6) is 5.75 Å². The van der Waals surface area contributed by atoms with Crippen LogP contribution < -0.4 is 4.90 Å². The van der Waals surface area contributed by atoms with Gasteiger partial charge in [0.2, 0.25) is 10.9 Å². The molecule has 1 aliphatic rings. The van der Waals surface area contributed by atoms with Crippen molar-refractivity contribution >= 4 is 33.3 Å². The van der Waals surface area contributed by atoms with Crippen LogP contribution >= 0.6 is 11.3 Å². The lowest BCUT2D eigenvalue weighted by atomic mass is 10.2. The van der Waals surface area contributed by atoms with Gasteiger partial charge >= 0.3 is 6.18 Å². The number of hydrogen-bond acceptors (Lipinski definition) is 8. The number of aromatic amines is 1. The molecule has 1 amide bonds. The molecule has 0 bridgehead atoms. The van der Waals surface area contributed by atoms with Crippen LogP contribution in [-0.4, -0.2) is 71.3 Å². The monoisotopic (exact) mass is 538 g/mol. The van der Waals surface area contributed by atoms with Gasteiger partial charge < -0.3 is 19.9 Å². The Labute approximate surface area is 211 Å². The third-order valence-corrected chi connectivity index (χ3v) is 7.29. The summed E-state index contributed by atoms with van der Waals surface area (Å²) >= 11 is 0.465. The highest BCUT2D eigenvalue weighted by Gasteiger charge is 2.39. The minimum Gasteiger partial charge on any atom is -0.505 e. The number of aryl methyl sites for hydroxylation is 2. The average Bonchev–Trinajstić information content (AvgIpc) is 3.52. The van der Waals surface area contributed by atoms with E-state index in [1.807, 2.05) is 6.92 Å². The number of phenols is 1. The first-order valence-corrected chi connectivity index (χ1v) is 12.1. The highest BCUT2D eigenvalue weighted by Crippen LogP contribution is 2.43. The number of aromatic hydroxyl groups is 1. The van der Waals surface area contributed by atoms with Crippen molar-refractivity contribution in [2.45, 2.75) is 39.5 Å². The molecule has 1 aromatic carbocycles. The number of amides is 1. The van der Waals surface area contributed by atoms with Crippen molar-refractivity contribution in [3.8, 4) is 17.3 Å². The van der Waals surface area contributed by atoms with Crippen molar-refractivity contribution in [1.82, 2.24) is 34.6 Å². The van der Waals surface area contributed by atoms with Crippen LogP contribution in [0.2, 0.25) is 0 Å². The maximum absolute atomic E-state index is 14.3. The average molecular weight is 539 g/mol. The van der Waals surface area contributed by atoms with Gasteiger partial charge in [-0.05, 0) is 32.9 Å². The van der Waals surface area contributed by atoms with E-state index in [9.17, 15) is 27.5 Å². The van der Waals surface area contributed by atoms with Gasteiger partial charge in [-0.1, -0.05) is 11.3 Å². The van der Waals surface area contributed by atoms with Crippen molar-refractivity contribution in [2.24, 2.45) is 0 Å². The summed E-state index contributed by atoms with van der Waals surface area (Å²) in [5, 5.41) is 13.0. The summed E-state index contributed by atoms with van der Waals surface area (Å²) in [7, 11) is 0. The number of carbonyl (C=O) groups is 1. The Balaban J connectivity index is 1.43. The number of thiazole rings is 1. The highest BCUT2D eigenvalue weighted by atomic mass is 32.1. The van der Waals surface area contributed by atoms with E-state index in [1.165, 1.54) is 10.7 Å². The lowest BCUT2D eigenvalue weighted by molar-refractivity contribution is -0.137. The molecule has 10 nitrogen and oxygen atoms in total. The second-order valence-corrected chi connectivity index (χ2v) is 9.77. The SMILES string of the molecule is Cc1nc(C)n(CC(=O)N2CCN(c3sc(C(F)(F)F)nc3-c3nc4c(F)c(O)ccc4[nH]3)C[C@H]2C)n1. The summed E-state index contributed by atoms with van der Waals surface area (Å²) in [5.41, 5.74) is -0.0710. The lowest BCUT2D eigenvalue weighted by Gasteiger charge is -2.40. The number of carbonyl (C=O) groups excluding carboxylic acids is 1. The Hall–Kier alpha value is -3.75. The fraction of sp³-hybridized carbons (Fsp3) is 0.409. The molecule has 1 atom stereocenters. The number of fused-ring (bicyclic) bond motifs is 1. The van der Waals surface area contributed by atoms with Gasteiger partial charge in [-0.2, -0.15) is 18.3 Å². The quantitative estimate of drug-likeness (QED) is 0.382. The van der Waals surface area contributed by atoms with Crippen LogP contribution in [0.25, 0.3) is 22.6 Å². The normalized spacial score (nSPS) is 16.7. The topological polar surface area (TPSA) is 116 Å². The Morgan fingerprint density at radius 1 is 1.22 bits per heavy atom. The molecule has 0 aliphatic carbocycles. The summed E-state index contributed by atoms with van der Waals surface area (Å²) in [5.74, 6) is -0.654. The number of nitrogens with zero attached hydrogens (tertiary/aromatic N) is 7. The van der Waals surface area contributed by atoms with Crippen molar-refractivity contribution in [3.63, 3.8) is 0 Å². The zero-order chi connectivity index (χ0) is 26.6. The van der Waals surface area contributed by atoms with Crippen molar-refractivity contribution in [3.05, 3.63) is 34.6 Å². The van der Waals surface area contributed by atoms with E-state index in [1.54, 1.807) is 23.6 Å². The first-order valence-electron chi connectivity index (χ1n) is 11.3. The summed E-state index contributed by atoms with van der Waals surface area (Å²) in [6.07, 6.45) is -4.69. The van der Waals surface area contributed by atoms with E-state index in [0.717, 1.165) is 6.07 Å². The number of aromatic nitrogens is 6. The largest absolute Gasteiger partial charge is 0.505 e. The van der Waals surface area contributed by atoms with Gasteiger partial charge in [0, 0.05) is 25.7 Å². The second kappa shape index (κ2) is 8.97. The molecule has 1 fully saturated rings. The van der Waals surface area contributed by atoms with E-state index in [2.05, 4.69) is 25.0 Å². The van der Waals surface area contributed by atoms with Gasteiger partial charge in [-0.3, -0.25) is 4.79 Å². The summed E-state index contributed by atoms with van der Waals surface area (Å²) in [6.45, 7) is 6.09. The number of hydrogen-bond donors (Lipinski definition) is 2. The van der Waals surface area contributed by atoms with E-state index in [-0.39, 0.29) is 65.7 Å². The van der Waals surface area contributed by atoms with Crippen LogP contribution in [0, 0.1) is 19.7 Å². The summed E-state index contributed by atoms with van der Waals surface area (Å²) < 4.78 is 56.7. The van der Waals surface area contributed by atoms with Gasteiger partial charge in [-0.25, -0.2) is 24.0 Å². The summed E-state index contributed by atoms with van der Waals surface area (Å²) in [6, 6.07) is 2.19. The van der Waals surface area contributed by atoms with E-state index < -0.39 is 22.8 Å². The number of imidazole rings is 1. The van der Waals surface area contributed by atoms with Crippen molar-refractivity contribution < 1.29 is 27.5 Å². The van der Waals surface area contributed by atoms with Crippen LogP contribution in [-0.2, 0) is 17.5 Å². The van der Waals surface area contributed by atoms with E-state index in [0.29, 0.717) is 23.0 Å². The number of halogens is 4. The molecule has 4 heterocycles. The number of piperazine rings is 1. The molecule has 3 aromatic heterocycles. The molecule has 196 valence electrons. The first kappa shape index (κ1) is 24.9. The Kier molecular flexibility index (Phi) is 6.04. The minimum atomic E-state index is -4.69. The smallest absolute Gasteiger partial charge is 0.443 e. The fourth-order valence-corrected chi connectivity index (χ4v) is 5.36. The molecule has 1 aliphatic heterocycles. The van der Waals surface area contributed by atoms with Crippen LogP contribution in [0.3, 0.4) is 0 Å². The number of rotatable bonds is 4. The van der Waals surface area contributed by atoms with Gasteiger partial charge in [0.1, 0.15) is 34.4 Å². The molecule has 0 unspecified atom stereocenters. The highest BCUT2D eigenvalue weighted by molar-refractivity contribution is 7.16. The van der Waals surface area contributed by atoms with Crippen LogP contribution in [0.4, 0.5) is 22.6 Å². The molecule has 0 saturated carbocycles. The van der Waals surface area contributed by atoms with Gasteiger partial charge in [0.25, 0.3) is 0 Å². The van der Waals surface area contributed by atoms with Gasteiger partial charge in [0.05, 0.1) is 5.52 Å². The predicted molar refractivity (Wildman–Crippen MR) is 127 cm³/mol. The molecule has 2 N–H and O–H groups in total. The zero-order valence-corrected chi connectivity index (χ0v) is 20.8. The van der Waals surface area contributed by atoms with Gasteiger partial charge in [-0.15, -0.1) is 0 Å². The summed E-state index contributed by atoms with van der Waals surface area (Å²) in [4.78, 5) is 31.2. The molecule has 0 radical (unpaired) electrons. The lowest BCUT2D eigenvalue weighted by Crippen LogP contribution is -2.54.